The molecule has 19 heavy (non-hydrogen) atoms. The zero-order chi connectivity index (χ0) is 13.4. The molecular weight excluding hydrogens is 244 g/mol. The summed E-state index contributed by atoms with van der Waals surface area (Å²) < 4.78 is 0. The number of carbonyl (C=O) groups is 2. The second kappa shape index (κ2) is 4.66. The van der Waals surface area contributed by atoms with Gasteiger partial charge in [0, 0.05) is 31.2 Å². The summed E-state index contributed by atoms with van der Waals surface area (Å²) in [7, 11) is 0. The molecule has 2 N–H and O–H groups in total. The average molecular weight is 260 g/mol. The maximum atomic E-state index is 12.4. The monoisotopic (exact) mass is 260 g/mol. The van der Waals surface area contributed by atoms with Crippen LogP contribution in [0.3, 0.4) is 0 Å². The van der Waals surface area contributed by atoms with E-state index in [1.54, 1.807) is 4.90 Å². The Morgan fingerprint density at radius 3 is 2.68 bits per heavy atom. The van der Waals surface area contributed by atoms with E-state index in [0.29, 0.717) is 6.54 Å². The van der Waals surface area contributed by atoms with Crippen molar-refractivity contribution in [2.75, 3.05) is 24.5 Å². The standard InChI is InChI=1S/C14H16N2O3/c17-13(18)5-9-8-16(14(19)10-6-15-7-10)12-4-2-1-3-11(9)12/h1-4,9-10,15H,5-8H2,(H,17,18). The fourth-order valence-corrected chi connectivity index (χ4v) is 2.77. The normalized spacial score (nSPS) is 21.9. The number of nitrogens with zero attached hydrogens (tertiary/aromatic N) is 1. The molecule has 1 atom stereocenters. The molecule has 1 saturated heterocycles. The molecule has 0 spiro atoms. The minimum atomic E-state index is -0.820. The molecule has 1 unspecified atom stereocenters. The van der Waals surface area contributed by atoms with E-state index in [0.717, 1.165) is 24.3 Å². The second-order valence-corrected chi connectivity index (χ2v) is 5.16. The molecule has 2 aliphatic heterocycles. The number of carboxylic acid groups (broad SMARTS) is 1. The second-order valence-electron chi connectivity index (χ2n) is 5.16. The Morgan fingerprint density at radius 1 is 1.32 bits per heavy atom. The first-order valence-corrected chi connectivity index (χ1v) is 6.49. The van der Waals surface area contributed by atoms with Crippen molar-refractivity contribution >= 4 is 17.6 Å². The Bertz CT molecular complexity index is 525. The van der Waals surface area contributed by atoms with Crippen LogP contribution in [-0.2, 0) is 9.59 Å². The van der Waals surface area contributed by atoms with Crippen LogP contribution in [0.1, 0.15) is 17.9 Å². The maximum Gasteiger partial charge on any atom is 0.304 e. The number of carbonyl (C=O) groups excluding carboxylic acids is 1. The van der Waals surface area contributed by atoms with Gasteiger partial charge in [-0.1, -0.05) is 18.2 Å². The molecule has 1 fully saturated rings. The van der Waals surface area contributed by atoms with Gasteiger partial charge in [0.15, 0.2) is 0 Å². The van der Waals surface area contributed by atoms with E-state index < -0.39 is 5.97 Å². The van der Waals surface area contributed by atoms with Gasteiger partial charge >= 0.3 is 5.97 Å². The van der Waals surface area contributed by atoms with Gasteiger partial charge in [0.05, 0.1) is 12.3 Å². The lowest BCUT2D eigenvalue weighted by Gasteiger charge is -2.30. The molecule has 2 heterocycles. The number of hydrogen-bond acceptors (Lipinski definition) is 3. The Kier molecular flexibility index (Phi) is 2.98. The van der Waals surface area contributed by atoms with Gasteiger partial charge in [0.2, 0.25) is 5.91 Å². The highest BCUT2D eigenvalue weighted by Gasteiger charge is 2.37. The van der Waals surface area contributed by atoms with E-state index in [2.05, 4.69) is 5.32 Å². The summed E-state index contributed by atoms with van der Waals surface area (Å²) in [4.78, 5) is 25.0. The first-order valence-electron chi connectivity index (χ1n) is 6.49. The molecule has 0 radical (unpaired) electrons. The Morgan fingerprint density at radius 2 is 2.05 bits per heavy atom. The number of hydrogen-bond donors (Lipinski definition) is 2. The van der Waals surface area contributed by atoms with Gasteiger partial charge < -0.3 is 15.3 Å². The van der Waals surface area contributed by atoms with E-state index in [4.69, 9.17) is 5.11 Å². The van der Waals surface area contributed by atoms with Gasteiger partial charge in [-0.3, -0.25) is 9.59 Å². The number of aliphatic carboxylic acids is 1. The Hall–Kier alpha value is -1.88. The number of rotatable bonds is 3. The van der Waals surface area contributed by atoms with E-state index in [1.807, 2.05) is 24.3 Å². The quantitative estimate of drug-likeness (QED) is 0.844. The van der Waals surface area contributed by atoms with Crippen molar-refractivity contribution < 1.29 is 14.7 Å². The third kappa shape index (κ3) is 2.10. The van der Waals surface area contributed by atoms with Crippen LogP contribution in [0.5, 0.6) is 0 Å². The molecule has 0 saturated carbocycles. The van der Waals surface area contributed by atoms with Crippen LogP contribution in [0.2, 0.25) is 0 Å². The van der Waals surface area contributed by atoms with Crippen molar-refractivity contribution in [1.82, 2.24) is 5.32 Å². The van der Waals surface area contributed by atoms with Gasteiger partial charge in [-0.05, 0) is 11.6 Å². The third-order valence-corrected chi connectivity index (χ3v) is 3.89. The maximum absolute atomic E-state index is 12.4. The molecule has 0 bridgehead atoms. The number of carboxylic acids is 1. The molecule has 3 rings (SSSR count). The van der Waals surface area contributed by atoms with Crippen molar-refractivity contribution in [2.24, 2.45) is 5.92 Å². The zero-order valence-electron chi connectivity index (χ0n) is 10.5. The van der Waals surface area contributed by atoms with Crippen LogP contribution in [0.4, 0.5) is 5.69 Å². The van der Waals surface area contributed by atoms with Crippen molar-refractivity contribution in [3.63, 3.8) is 0 Å². The van der Waals surface area contributed by atoms with E-state index in [-0.39, 0.29) is 24.2 Å². The van der Waals surface area contributed by atoms with Gasteiger partial charge in [-0.2, -0.15) is 0 Å². The molecule has 5 heteroatoms. The van der Waals surface area contributed by atoms with Gasteiger partial charge in [0.1, 0.15) is 0 Å². The largest absolute Gasteiger partial charge is 0.481 e. The predicted octanol–water partition coefficient (Wildman–Crippen LogP) is 0.811. The summed E-state index contributed by atoms with van der Waals surface area (Å²) in [5.41, 5.74) is 1.86. The molecule has 0 aliphatic carbocycles. The van der Waals surface area contributed by atoms with Crippen molar-refractivity contribution in [2.45, 2.75) is 12.3 Å². The summed E-state index contributed by atoms with van der Waals surface area (Å²) in [6, 6.07) is 7.62. The average Bonchev–Trinajstić information content (AvgIpc) is 2.66. The molecule has 1 amide bonds. The third-order valence-electron chi connectivity index (χ3n) is 3.89. The fraction of sp³-hybridized carbons (Fsp3) is 0.429. The van der Waals surface area contributed by atoms with E-state index in [9.17, 15) is 9.59 Å². The molecule has 1 aromatic rings. The van der Waals surface area contributed by atoms with Crippen LogP contribution >= 0.6 is 0 Å². The van der Waals surface area contributed by atoms with Crippen LogP contribution in [0.15, 0.2) is 24.3 Å². The number of anilines is 1. The Labute approximate surface area is 111 Å². The van der Waals surface area contributed by atoms with E-state index in [1.165, 1.54) is 0 Å². The van der Waals surface area contributed by atoms with Crippen molar-refractivity contribution in [3.05, 3.63) is 29.8 Å². The van der Waals surface area contributed by atoms with Crippen LogP contribution in [-0.4, -0.2) is 36.6 Å². The molecular formula is C14H16N2O3. The highest BCUT2D eigenvalue weighted by atomic mass is 16.4. The topological polar surface area (TPSA) is 69.6 Å². The highest BCUT2D eigenvalue weighted by molar-refractivity contribution is 5.98. The van der Waals surface area contributed by atoms with Gasteiger partial charge in [0.25, 0.3) is 0 Å². The summed E-state index contributed by atoms with van der Waals surface area (Å²) >= 11 is 0. The van der Waals surface area contributed by atoms with Crippen molar-refractivity contribution in [1.29, 1.82) is 0 Å². The number of benzene rings is 1. The number of nitrogens with one attached hydrogen (secondary N) is 1. The SMILES string of the molecule is O=C(O)CC1CN(C(=O)C2CNC2)c2ccccc21. The summed E-state index contributed by atoms with van der Waals surface area (Å²) in [6.45, 7) is 1.93. The van der Waals surface area contributed by atoms with Crippen LogP contribution in [0, 0.1) is 5.92 Å². The number of amides is 1. The summed E-state index contributed by atoms with van der Waals surface area (Å²) in [5.74, 6) is -0.763. The van der Waals surface area contributed by atoms with Gasteiger partial charge in [-0.15, -0.1) is 0 Å². The Balaban J connectivity index is 1.87. The molecule has 100 valence electrons. The molecule has 2 aliphatic rings. The number of fused-ring (bicyclic) bond motifs is 1. The molecule has 0 aromatic heterocycles. The minimum Gasteiger partial charge on any atom is -0.481 e. The first kappa shape index (κ1) is 12.2. The van der Waals surface area contributed by atoms with Gasteiger partial charge in [-0.25, -0.2) is 0 Å². The molecule has 5 nitrogen and oxygen atoms in total. The predicted molar refractivity (Wildman–Crippen MR) is 70.1 cm³/mol. The first-order chi connectivity index (χ1) is 9.16. The zero-order valence-corrected chi connectivity index (χ0v) is 10.5. The lowest BCUT2D eigenvalue weighted by atomic mass is 9.98. The van der Waals surface area contributed by atoms with Crippen LogP contribution < -0.4 is 10.2 Å². The smallest absolute Gasteiger partial charge is 0.304 e. The van der Waals surface area contributed by atoms with Crippen molar-refractivity contribution in [3.8, 4) is 0 Å². The lowest BCUT2D eigenvalue weighted by molar-refractivity contribution is -0.137. The molecule has 1 aromatic carbocycles. The number of para-hydroxylation sites is 1. The summed E-state index contributed by atoms with van der Waals surface area (Å²) in [5, 5.41) is 12.1. The van der Waals surface area contributed by atoms with Crippen LogP contribution in [0.25, 0.3) is 0 Å². The lowest BCUT2D eigenvalue weighted by Crippen LogP contribution is -2.52. The fourth-order valence-electron chi connectivity index (χ4n) is 2.77. The highest BCUT2D eigenvalue weighted by Crippen LogP contribution is 2.38. The minimum absolute atomic E-state index is 0.0386. The summed E-state index contributed by atoms with van der Waals surface area (Å²) in [6.07, 6.45) is 0.0731. The van der Waals surface area contributed by atoms with E-state index >= 15 is 0 Å².